The van der Waals surface area contributed by atoms with Crippen molar-refractivity contribution in [3.63, 3.8) is 0 Å². The number of hydrogen-bond donors (Lipinski definition) is 0. The van der Waals surface area contributed by atoms with Gasteiger partial charge in [-0.05, 0) is 56.4 Å². The number of rotatable bonds is 5. The highest BCUT2D eigenvalue weighted by Crippen LogP contribution is 2.29. The molecule has 4 heteroatoms. The number of hydrogen-bond acceptors (Lipinski definition) is 4. The summed E-state index contributed by atoms with van der Waals surface area (Å²) in [5.41, 5.74) is 2.33. The number of carbonyl (C=O) groups is 2. The molecule has 4 nitrogen and oxygen atoms in total. The summed E-state index contributed by atoms with van der Waals surface area (Å²) in [5.74, 6) is -0.249. The maximum atomic E-state index is 12.0. The average molecular weight is 342 g/mol. The third-order valence-corrected chi connectivity index (χ3v) is 4.05. The molecule has 0 saturated heterocycles. The van der Waals surface area contributed by atoms with Crippen LogP contribution in [0, 0.1) is 11.3 Å². The topological polar surface area (TPSA) is 52.6 Å². The first-order valence-corrected chi connectivity index (χ1v) is 8.60. The minimum Gasteiger partial charge on any atom is -0.462 e. The van der Waals surface area contributed by atoms with Gasteiger partial charge in [0, 0.05) is 0 Å². The van der Waals surface area contributed by atoms with Crippen LogP contribution in [0.3, 0.4) is 0 Å². The summed E-state index contributed by atoms with van der Waals surface area (Å²) in [6.07, 6.45) is 7.37. The number of ether oxygens (including phenoxy) is 2. The van der Waals surface area contributed by atoms with Crippen LogP contribution in [0.1, 0.15) is 50.0 Å². The van der Waals surface area contributed by atoms with Crippen LogP contribution in [0.25, 0.3) is 5.57 Å². The zero-order valence-electron chi connectivity index (χ0n) is 15.4. The van der Waals surface area contributed by atoms with Gasteiger partial charge in [-0.15, -0.1) is 0 Å². The Labute approximate surface area is 149 Å². The van der Waals surface area contributed by atoms with Gasteiger partial charge in [0.2, 0.25) is 0 Å². The molecule has 0 aliphatic heterocycles. The van der Waals surface area contributed by atoms with E-state index in [1.165, 1.54) is 5.57 Å². The number of allylic oxidation sites excluding steroid dienone is 4. The Hall–Kier alpha value is -2.36. The van der Waals surface area contributed by atoms with Crippen LogP contribution in [-0.2, 0) is 14.3 Å². The molecular formula is C21H26O4. The smallest absolute Gasteiger partial charge is 0.338 e. The van der Waals surface area contributed by atoms with Gasteiger partial charge in [-0.25, -0.2) is 4.79 Å². The first-order chi connectivity index (χ1) is 11.8. The van der Waals surface area contributed by atoms with Crippen molar-refractivity contribution >= 4 is 17.5 Å². The Balaban J connectivity index is 1.85. The molecule has 1 aliphatic carbocycles. The molecule has 0 aromatic heterocycles. The quantitative estimate of drug-likeness (QED) is 0.587. The Morgan fingerprint density at radius 1 is 1.08 bits per heavy atom. The lowest BCUT2D eigenvalue weighted by Gasteiger charge is -2.17. The van der Waals surface area contributed by atoms with Gasteiger partial charge in [-0.1, -0.05) is 37.3 Å². The van der Waals surface area contributed by atoms with Gasteiger partial charge in [0.1, 0.15) is 13.2 Å². The first kappa shape index (κ1) is 19.0. The van der Waals surface area contributed by atoms with Crippen LogP contribution < -0.4 is 0 Å². The minimum atomic E-state index is -0.556. The van der Waals surface area contributed by atoms with Crippen molar-refractivity contribution in [2.75, 3.05) is 13.2 Å². The molecule has 0 fully saturated rings. The van der Waals surface area contributed by atoms with E-state index in [2.05, 4.69) is 25.2 Å². The van der Waals surface area contributed by atoms with E-state index in [9.17, 15) is 9.59 Å². The molecule has 1 unspecified atom stereocenters. The fourth-order valence-electron chi connectivity index (χ4n) is 2.49. The van der Waals surface area contributed by atoms with Gasteiger partial charge in [0.05, 0.1) is 11.0 Å². The summed E-state index contributed by atoms with van der Waals surface area (Å²) in [6, 6.07) is 7.42. The van der Waals surface area contributed by atoms with Crippen molar-refractivity contribution in [1.29, 1.82) is 0 Å². The standard InChI is InChI=1S/C21H26O4/c1-15-7-5-6-8-18(15)16-9-11-17(12-10-16)19(22)24-13-14-25-20(23)21(2,3)4/h5-6,8-12,15H,7,13-14H2,1-4H3. The third-order valence-electron chi connectivity index (χ3n) is 4.05. The molecule has 0 saturated carbocycles. The Morgan fingerprint density at radius 3 is 2.32 bits per heavy atom. The number of benzene rings is 1. The van der Waals surface area contributed by atoms with Crippen molar-refractivity contribution in [2.24, 2.45) is 11.3 Å². The molecule has 134 valence electrons. The lowest BCUT2D eigenvalue weighted by Crippen LogP contribution is -2.25. The predicted molar refractivity (Wildman–Crippen MR) is 98.0 cm³/mol. The number of esters is 2. The van der Waals surface area contributed by atoms with Crippen LogP contribution in [0.2, 0.25) is 0 Å². The monoisotopic (exact) mass is 342 g/mol. The zero-order chi connectivity index (χ0) is 18.4. The van der Waals surface area contributed by atoms with Crippen molar-refractivity contribution in [3.8, 4) is 0 Å². The van der Waals surface area contributed by atoms with E-state index in [4.69, 9.17) is 9.47 Å². The van der Waals surface area contributed by atoms with Gasteiger partial charge in [-0.2, -0.15) is 0 Å². The minimum absolute atomic E-state index is 0.0510. The first-order valence-electron chi connectivity index (χ1n) is 8.60. The van der Waals surface area contributed by atoms with E-state index in [0.29, 0.717) is 11.5 Å². The highest BCUT2D eigenvalue weighted by molar-refractivity contribution is 5.90. The van der Waals surface area contributed by atoms with E-state index < -0.39 is 11.4 Å². The molecule has 0 N–H and O–H groups in total. The van der Waals surface area contributed by atoms with E-state index in [1.807, 2.05) is 12.1 Å². The summed E-state index contributed by atoms with van der Waals surface area (Å²) < 4.78 is 10.2. The van der Waals surface area contributed by atoms with Crippen LogP contribution in [-0.4, -0.2) is 25.2 Å². The Bertz CT molecular complexity index is 675. The summed E-state index contributed by atoms with van der Waals surface area (Å²) in [7, 11) is 0. The maximum Gasteiger partial charge on any atom is 0.338 e. The van der Waals surface area contributed by atoms with Crippen molar-refractivity contribution < 1.29 is 19.1 Å². The molecule has 0 bridgehead atoms. The van der Waals surface area contributed by atoms with Gasteiger partial charge in [0.25, 0.3) is 0 Å². The van der Waals surface area contributed by atoms with Crippen molar-refractivity contribution in [3.05, 3.63) is 53.6 Å². The van der Waals surface area contributed by atoms with Gasteiger partial charge in [-0.3, -0.25) is 4.79 Å². The molecule has 25 heavy (non-hydrogen) atoms. The summed E-state index contributed by atoms with van der Waals surface area (Å²) in [5, 5.41) is 0. The van der Waals surface area contributed by atoms with Crippen LogP contribution in [0.4, 0.5) is 0 Å². The Kier molecular flexibility index (Phi) is 6.18. The zero-order valence-corrected chi connectivity index (χ0v) is 15.4. The van der Waals surface area contributed by atoms with E-state index in [1.54, 1.807) is 32.9 Å². The average Bonchev–Trinajstić information content (AvgIpc) is 2.58. The van der Waals surface area contributed by atoms with Gasteiger partial charge >= 0.3 is 11.9 Å². The normalized spacial score (nSPS) is 17.0. The molecule has 1 aromatic carbocycles. The fourth-order valence-corrected chi connectivity index (χ4v) is 2.49. The van der Waals surface area contributed by atoms with Crippen molar-refractivity contribution in [1.82, 2.24) is 0 Å². The molecule has 1 aromatic rings. The molecule has 0 heterocycles. The molecular weight excluding hydrogens is 316 g/mol. The van der Waals surface area contributed by atoms with Gasteiger partial charge < -0.3 is 9.47 Å². The van der Waals surface area contributed by atoms with Gasteiger partial charge in [0.15, 0.2) is 0 Å². The summed E-state index contributed by atoms with van der Waals surface area (Å²) >= 11 is 0. The highest BCUT2D eigenvalue weighted by atomic mass is 16.6. The van der Waals surface area contributed by atoms with Crippen LogP contribution in [0.15, 0.2) is 42.5 Å². The fraction of sp³-hybridized carbons (Fsp3) is 0.429. The largest absolute Gasteiger partial charge is 0.462 e. The van der Waals surface area contributed by atoms with Crippen molar-refractivity contribution in [2.45, 2.75) is 34.1 Å². The molecule has 0 amide bonds. The second kappa shape index (κ2) is 8.15. The highest BCUT2D eigenvalue weighted by Gasteiger charge is 2.22. The Morgan fingerprint density at radius 2 is 1.72 bits per heavy atom. The molecule has 1 atom stereocenters. The van der Waals surface area contributed by atoms with E-state index in [0.717, 1.165) is 12.0 Å². The summed E-state index contributed by atoms with van der Waals surface area (Å²) in [4.78, 5) is 23.7. The van der Waals surface area contributed by atoms with Crippen LogP contribution in [0.5, 0.6) is 0 Å². The van der Waals surface area contributed by atoms with E-state index in [-0.39, 0.29) is 19.2 Å². The third kappa shape index (κ3) is 5.31. The maximum absolute atomic E-state index is 12.0. The lowest BCUT2D eigenvalue weighted by atomic mass is 9.88. The second-order valence-electron chi connectivity index (χ2n) is 7.29. The summed E-state index contributed by atoms with van der Waals surface area (Å²) in [6.45, 7) is 7.65. The molecule has 1 aliphatic rings. The molecule has 2 rings (SSSR count). The van der Waals surface area contributed by atoms with E-state index >= 15 is 0 Å². The molecule has 0 spiro atoms. The SMILES string of the molecule is CC1CC=CC=C1c1ccc(C(=O)OCCOC(=O)C(C)(C)C)cc1. The number of carbonyl (C=O) groups excluding carboxylic acids is 2. The van der Waals surface area contributed by atoms with Crippen LogP contribution >= 0.6 is 0 Å². The predicted octanol–water partition coefficient (Wildman–Crippen LogP) is 4.41. The molecule has 0 radical (unpaired) electrons. The second-order valence-corrected chi connectivity index (χ2v) is 7.29. The lowest BCUT2D eigenvalue weighted by molar-refractivity contribution is -0.154.